The average molecular weight is 283 g/mol. The van der Waals surface area contributed by atoms with E-state index >= 15 is 0 Å². The van der Waals surface area contributed by atoms with E-state index in [1.165, 1.54) is 11.8 Å². The molecule has 0 aliphatic carbocycles. The number of nitrogens with zero attached hydrogens (tertiary/aromatic N) is 2. The maximum absolute atomic E-state index is 5.91. The second-order valence-electron chi connectivity index (χ2n) is 3.38. The lowest BCUT2D eigenvalue weighted by atomic mass is 10.2. The van der Waals surface area contributed by atoms with Crippen LogP contribution in [0.15, 0.2) is 40.0 Å². The number of rotatable bonds is 3. The summed E-state index contributed by atoms with van der Waals surface area (Å²) in [6.07, 6.45) is 1.65. The van der Waals surface area contributed by atoms with Crippen molar-refractivity contribution < 1.29 is 4.42 Å². The first-order valence-electron chi connectivity index (χ1n) is 5.06. The Morgan fingerprint density at radius 1 is 1.50 bits per heavy atom. The molecule has 0 amide bonds. The Morgan fingerprint density at radius 2 is 2.33 bits per heavy atom. The summed E-state index contributed by atoms with van der Waals surface area (Å²) < 4.78 is 5.58. The van der Waals surface area contributed by atoms with Crippen LogP contribution in [-0.4, -0.2) is 10.2 Å². The van der Waals surface area contributed by atoms with E-state index in [1.54, 1.807) is 12.3 Å². The Morgan fingerprint density at radius 3 is 3.06 bits per heavy atom. The highest BCUT2D eigenvalue weighted by Crippen LogP contribution is 2.24. The van der Waals surface area contributed by atoms with E-state index in [0.29, 0.717) is 22.4 Å². The van der Waals surface area contributed by atoms with Gasteiger partial charge in [0.2, 0.25) is 5.89 Å². The Balaban J connectivity index is 2.11. The number of thioether (sulfide) groups is 1. The lowest BCUT2D eigenvalue weighted by molar-refractivity contribution is 0.530. The molecule has 18 heavy (non-hydrogen) atoms. The number of hydrogen-bond acceptors (Lipinski definition) is 5. The molecule has 0 aliphatic rings. The number of halogens is 1. The van der Waals surface area contributed by atoms with Crippen LogP contribution in [-0.2, 0) is 5.75 Å². The maximum atomic E-state index is 5.91. The molecule has 1 aromatic heterocycles. The molecule has 0 aliphatic heterocycles. The SMILES string of the molecule is NN=C(N)SCc1ncc(-c2cccc(Cl)c2)o1. The molecule has 0 saturated heterocycles. The monoisotopic (exact) mass is 282 g/mol. The fourth-order valence-electron chi connectivity index (χ4n) is 1.33. The molecule has 2 rings (SSSR count). The van der Waals surface area contributed by atoms with Gasteiger partial charge in [0, 0.05) is 10.6 Å². The lowest BCUT2D eigenvalue weighted by Gasteiger charge is -1.97. The fourth-order valence-corrected chi connectivity index (χ4v) is 1.99. The third-order valence-corrected chi connectivity index (χ3v) is 3.16. The fraction of sp³-hybridized carbons (Fsp3) is 0.0909. The van der Waals surface area contributed by atoms with E-state index in [2.05, 4.69) is 10.1 Å². The highest BCUT2D eigenvalue weighted by Gasteiger charge is 2.07. The van der Waals surface area contributed by atoms with Crippen LogP contribution < -0.4 is 11.6 Å². The van der Waals surface area contributed by atoms with Crippen LogP contribution in [0.25, 0.3) is 11.3 Å². The number of benzene rings is 1. The first-order chi connectivity index (χ1) is 8.69. The minimum atomic E-state index is 0.289. The summed E-state index contributed by atoms with van der Waals surface area (Å²) in [6.45, 7) is 0. The number of amidine groups is 1. The molecular weight excluding hydrogens is 272 g/mol. The summed E-state index contributed by atoms with van der Waals surface area (Å²) in [7, 11) is 0. The van der Waals surface area contributed by atoms with Crippen LogP contribution >= 0.6 is 23.4 Å². The molecule has 0 bridgehead atoms. The van der Waals surface area contributed by atoms with Crippen molar-refractivity contribution in [1.29, 1.82) is 0 Å². The molecule has 2 aromatic rings. The summed E-state index contributed by atoms with van der Waals surface area (Å²) in [5.74, 6) is 6.73. The van der Waals surface area contributed by atoms with E-state index in [0.717, 1.165) is 5.56 Å². The number of hydrazone groups is 1. The smallest absolute Gasteiger partial charge is 0.205 e. The highest BCUT2D eigenvalue weighted by atomic mass is 35.5. The van der Waals surface area contributed by atoms with Gasteiger partial charge in [-0.05, 0) is 12.1 Å². The Bertz CT molecular complexity index is 570. The van der Waals surface area contributed by atoms with Gasteiger partial charge in [0.1, 0.15) is 0 Å². The zero-order chi connectivity index (χ0) is 13.0. The van der Waals surface area contributed by atoms with Crippen molar-refractivity contribution in [3.63, 3.8) is 0 Å². The number of hydrogen-bond donors (Lipinski definition) is 2. The van der Waals surface area contributed by atoms with E-state index < -0.39 is 0 Å². The molecule has 0 saturated carbocycles. The molecule has 1 heterocycles. The van der Waals surface area contributed by atoms with Crippen molar-refractivity contribution in [3.8, 4) is 11.3 Å². The van der Waals surface area contributed by atoms with Crippen LogP contribution in [0, 0.1) is 0 Å². The van der Waals surface area contributed by atoms with Crippen molar-refractivity contribution in [1.82, 2.24) is 4.98 Å². The van der Waals surface area contributed by atoms with Gasteiger partial charge in [-0.15, -0.1) is 0 Å². The standard InChI is InChI=1S/C11H11ClN4OS/c12-8-3-1-2-7(4-8)9-5-15-10(17-9)6-18-11(13)16-14/h1-5H,6,14H2,(H2,13,16). The second-order valence-corrected chi connectivity index (χ2v) is 4.82. The summed E-state index contributed by atoms with van der Waals surface area (Å²) in [6, 6.07) is 7.37. The van der Waals surface area contributed by atoms with Crippen molar-refractivity contribution in [3.05, 3.63) is 41.4 Å². The molecule has 0 radical (unpaired) electrons. The minimum absolute atomic E-state index is 0.289. The third-order valence-electron chi connectivity index (χ3n) is 2.13. The Kier molecular flexibility index (Phi) is 4.11. The van der Waals surface area contributed by atoms with Crippen LogP contribution in [0.1, 0.15) is 5.89 Å². The summed E-state index contributed by atoms with van der Waals surface area (Å²) in [5, 5.41) is 4.29. The molecule has 0 atom stereocenters. The topological polar surface area (TPSA) is 90.4 Å². The second kappa shape index (κ2) is 5.79. The van der Waals surface area contributed by atoms with Gasteiger partial charge in [0.05, 0.1) is 11.9 Å². The first kappa shape index (κ1) is 12.8. The maximum Gasteiger partial charge on any atom is 0.205 e. The molecule has 5 nitrogen and oxygen atoms in total. The van der Waals surface area contributed by atoms with Crippen LogP contribution in [0.3, 0.4) is 0 Å². The highest BCUT2D eigenvalue weighted by molar-refractivity contribution is 8.13. The largest absolute Gasteiger partial charge is 0.440 e. The van der Waals surface area contributed by atoms with Gasteiger partial charge in [0.15, 0.2) is 10.9 Å². The first-order valence-corrected chi connectivity index (χ1v) is 6.42. The van der Waals surface area contributed by atoms with E-state index in [1.807, 2.05) is 18.2 Å². The van der Waals surface area contributed by atoms with Crippen molar-refractivity contribution in [2.45, 2.75) is 5.75 Å². The van der Waals surface area contributed by atoms with E-state index in [9.17, 15) is 0 Å². The molecule has 0 unspecified atom stereocenters. The van der Waals surface area contributed by atoms with Gasteiger partial charge in [-0.3, -0.25) is 0 Å². The van der Waals surface area contributed by atoms with E-state index in [4.69, 9.17) is 27.6 Å². The van der Waals surface area contributed by atoms with Crippen LogP contribution in [0.4, 0.5) is 0 Å². The Hall–Kier alpha value is -1.66. The number of nitrogens with two attached hydrogens (primary N) is 2. The van der Waals surface area contributed by atoms with Gasteiger partial charge < -0.3 is 16.0 Å². The molecule has 1 aromatic carbocycles. The van der Waals surface area contributed by atoms with Crippen LogP contribution in [0.5, 0.6) is 0 Å². The van der Waals surface area contributed by atoms with E-state index in [-0.39, 0.29) is 5.17 Å². The average Bonchev–Trinajstić information content (AvgIpc) is 2.84. The van der Waals surface area contributed by atoms with Crippen LogP contribution in [0.2, 0.25) is 5.02 Å². The quantitative estimate of drug-likeness (QED) is 0.390. The van der Waals surface area contributed by atoms with Gasteiger partial charge in [-0.1, -0.05) is 35.5 Å². The normalized spacial score (nSPS) is 11.7. The van der Waals surface area contributed by atoms with Crippen molar-refractivity contribution in [2.75, 3.05) is 0 Å². The van der Waals surface area contributed by atoms with Crippen molar-refractivity contribution >= 4 is 28.5 Å². The predicted octanol–water partition coefficient (Wildman–Crippen LogP) is 2.42. The number of aromatic nitrogens is 1. The zero-order valence-electron chi connectivity index (χ0n) is 9.34. The summed E-state index contributed by atoms with van der Waals surface area (Å²) >= 11 is 7.17. The van der Waals surface area contributed by atoms with Gasteiger partial charge in [0.25, 0.3) is 0 Å². The third kappa shape index (κ3) is 3.18. The van der Waals surface area contributed by atoms with Gasteiger partial charge >= 0.3 is 0 Å². The van der Waals surface area contributed by atoms with Crippen molar-refractivity contribution in [2.24, 2.45) is 16.7 Å². The minimum Gasteiger partial charge on any atom is -0.440 e. The molecular formula is C11H11ClN4OS. The lowest BCUT2D eigenvalue weighted by Crippen LogP contribution is -2.09. The zero-order valence-corrected chi connectivity index (χ0v) is 10.9. The molecule has 94 valence electrons. The molecule has 0 fully saturated rings. The molecule has 0 spiro atoms. The summed E-state index contributed by atoms with van der Waals surface area (Å²) in [4.78, 5) is 4.15. The van der Waals surface area contributed by atoms with Gasteiger partial charge in [-0.25, -0.2) is 4.98 Å². The van der Waals surface area contributed by atoms with Gasteiger partial charge in [-0.2, -0.15) is 5.10 Å². The Labute approximate surface area is 113 Å². The number of oxazole rings is 1. The predicted molar refractivity (Wildman–Crippen MR) is 74.1 cm³/mol. The summed E-state index contributed by atoms with van der Waals surface area (Å²) in [5.41, 5.74) is 6.34. The molecule has 7 heteroatoms. The molecule has 4 N–H and O–H groups in total.